The molecule has 0 unspecified atom stereocenters. The molecule has 0 aliphatic rings. The van der Waals surface area contributed by atoms with Crippen LogP contribution in [-0.2, 0) is 6.54 Å². The molecule has 4 aromatic rings. The molecule has 0 saturated heterocycles. The van der Waals surface area contributed by atoms with Gasteiger partial charge in [-0.25, -0.2) is 4.98 Å². The van der Waals surface area contributed by atoms with Crippen LogP contribution >= 0.6 is 11.3 Å². The SMILES string of the molecule is Cc1nc(-n2ccc(Oc3ccccc3)cc2=O)sc1C(=O)NCc1ccccc1.[HH]. The van der Waals surface area contributed by atoms with Crippen molar-refractivity contribution in [2.24, 2.45) is 0 Å². The van der Waals surface area contributed by atoms with E-state index < -0.39 is 0 Å². The summed E-state index contributed by atoms with van der Waals surface area (Å²) in [5.74, 6) is 0.880. The van der Waals surface area contributed by atoms with Crippen LogP contribution in [0.15, 0.2) is 83.8 Å². The zero-order chi connectivity index (χ0) is 20.9. The van der Waals surface area contributed by atoms with Crippen LogP contribution in [0.2, 0.25) is 0 Å². The Morgan fingerprint density at radius 1 is 1.07 bits per heavy atom. The molecule has 2 aromatic heterocycles. The highest BCUT2D eigenvalue weighted by atomic mass is 32.1. The lowest BCUT2D eigenvalue weighted by molar-refractivity contribution is 0.0954. The number of nitrogens with one attached hydrogen (secondary N) is 1. The predicted octanol–water partition coefficient (Wildman–Crippen LogP) is 4.57. The molecule has 0 atom stereocenters. The van der Waals surface area contributed by atoms with Crippen LogP contribution in [0, 0.1) is 6.92 Å². The lowest BCUT2D eigenvalue weighted by Crippen LogP contribution is -2.22. The minimum Gasteiger partial charge on any atom is -0.457 e. The number of thiazole rings is 1. The van der Waals surface area contributed by atoms with E-state index in [1.54, 1.807) is 19.2 Å². The minimum absolute atomic E-state index is 0. The molecule has 0 bridgehead atoms. The van der Waals surface area contributed by atoms with Crippen molar-refractivity contribution in [1.82, 2.24) is 14.9 Å². The number of aryl methyl sites for hydroxylation is 1. The van der Waals surface area contributed by atoms with Crippen molar-refractivity contribution in [3.8, 4) is 16.6 Å². The standard InChI is InChI=1S/C23H19N3O3S.H2/c1-16-21(22(28)24-15-17-8-4-2-5-9-17)30-23(25-16)26-13-12-19(14-20(26)27)29-18-10-6-3-7-11-18;/h2-14H,15H2,1H3,(H,24,28);1H. The number of benzene rings is 2. The summed E-state index contributed by atoms with van der Waals surface area (Å²) >= 11 is 1.18. The minimum atomic E-state index is -0.284. The van der Waals surface area contributed by atoms with E-state index in [4.69, 9.17) is 4.74 Å². The molecule has 0 saturated carbocycles. The fourth-order valence-electron chi connectivity index (χ4n) is 2.86. The fourth-order valence-corrected chi connectivity index (χ4v) is 3.83. The van der Waals surface area contributed by atoms with Crippen molar-refractivity contribution in [1.29, 1.82) is 0 Å². The van der Waals surface area contributed by atoms with Gasteiger partial charge in [0.15, 0.2) is 5.13 Å². The van der Waals surface area contributed by atoms with Gasteiger partial charge in [0.25, 0.3) is 11.5 Å². The highest BCUT2D eigenvalue weighted by Crippen LogP contribution is 2.23. The Balaban J connectivity index is 0.00000272. The number of carbonyl (C=O) groups is 1. The van der Waals surface area contributed by atoms with Crippen LogP contribution in [0.4, 0.5) is 0 Å². The first-order chi connectivity index (χ1) is 14.6. The predicted molar refractivity (Wildman–Crippen MR) is 119 cm³/mol. The molecule has 0 aliphatic heterocycles. The lowest BCUT2D eigenvalue weighted by Gasteiger charge is -2.06. The van der Waals surface area contributed by atoms with Gasteiger partial charge in [0, 0.05) is 20.2 Å². The molecule has 0 spiro atoms. The van der Waals surface area contributed by atoms with Crippen molar-refractivity contribution in [2.75, 3.05) is 0 Å². The normalized spacial score (nSPS) is 10.6. The van der Waals surface area contributed by atoms with Crippen molar-refractivity contribution in [3.63, 3.8) is 0 Å². The second-order valence-electron chi connectivity index (χ2n) is 6.57. The van der Waals surface area contributed by atoms with Gasteiger partial charge in [-0.1, -0.05) is 59.9 Å². The first-order valence-electron chi connectivity index (χ1n) is 9.36. The van der Waals surface area contributed by atoms with E-state index in [0.29, 0.717) is 33.7 Å². The first-order valence-corrected chi connectivity index (χ1v) is 10.2. The summed E-state index contributed by atoms with van der Waals surface area (Å²) in [6.45, 7) is 2.19. The summed E-state index contributed by atoms with van der Waals surface area (Å²) in [4.78, 5) is 30.1. The number of ether oxygens (including phenoxy) is 1. The second kappa shape index (κ2) is 8.75. The van der Waals surface area contributed by atoms with E-state index in [1.165, 1.54) is 22.0 Å². The Morgan fingerprint density at radius 3 is 2.47 bits per heavy atom. The molecule has 1 N–H and O–H groups in total. The Labute approximate surface area is 178 Å². The highest BCUT2D eigenvalue weighted by Gasteiger charge is 2.17. The zero-order valence-corrected chi connectivity index (χ0v) is 17.1. The number of rotatable bonds is 6. The Bertz CT molecular complexity index is 1220. The van der Waals surface area contributed by atoms with Crippen LogP contribution in [0.5, 0.6) is 11.5 Å². The summed E-state index contributed by atoms with van der Waals surface area (Å²) in [6.07, 6.45) is 1.60. The largest absolute Gasteiger partial charge is 0.457 e. The van der Waals surface area contributed by atoms with E-state index in [0.717, 1.165) is 5.56 Å². The van der Waals surface area contributed by atoms with Crippen molar-refractivity contribution in [3.05, 3.63) is 105 Å². The second-order valence-corrected chi connectivity index (χ2v) is 7.54. The Morgan fingerprint density at radius 2 is 1.77 bits per heavy atom. The maximum atomic E-state index is 12.6. The topological polar surface area (TPSA) is 73.2 Å². The number of hydrogen-bond acceptors (Lipinski definition) is 5. The Hall–Kier alpha value is -3.71. The maximum Gasteiger partial charge on any atom is 0.263 e. The average molecular weight is 420 g/mol. The zero-order valence-electron chi connectivity index (χ0n) is 16.2. The van der Waals surface area contributed by atoms with E-state index >= 15 is 0 Å². The van der Waals surface area contributed by atoms with Crippen molar-refractivity contribution >= 4 is 17.2 Å². The molecular formula is C23H21N3O3S. The maximum absolute atomic E-state index is 12.6. The molecule has 2 heterocycles. The van der Waals surface area contributed by atoms with Crippen LogP contribution in [0.25, 0.3) is 5.13 Å². The van der Waals surface area contributed by atoms with Gasteiger partial charge in [0.05, 0.1) is 5.69 Å². The van der Waals surface area contributed by atoms with Crippen LogP contribution in [0.1, 0.15) is 22.4 Å². The number of amides is 1. The van der Waals surface area contributed by atoms with Gasteiger partial charge in [0.1, 0.15) is 16.4 Å². The quantitative estimate of drug-likeness (QED) is 0.497. The number of pyridine rings is 1. The van der Waals surface area contributed by atoms with Gasteiger partial charge < -0.3 is 10.1 Å². The lowest BCUT2D eigenvalue weighted by atomic mass is 10.2. The number of para-hydroxylation sites is 1. The van der Waals surface area contributed by atoms with Gasteiger partial charge in [-0.05, 0) is 30.7 Å². The molecule has 7 heteroatoms. The molecule has 6 nitrogen and oxygen atoms in total. The smallest absolute Gasteiger partial charge is 0.263 e. The molecular weight excluding hydrogens is 398 g/mol. The molecule has 0 radical (unpaired) electrons. The third-order valence-corrected chi connectivity index (χ3v) is 5.52. The molecule has 4 rings (SSSR count). The van der Waals surface area contributed by atoms with Crippen LogP contribution in [0.3, 0.4) is 0 Å². The summed E-state index contributed by atoms with van der Waals surface area (Å²) in [5, 5.41) is 3.33. The third kappa shape index (κ3) is 4.47. The van der Waals surface area contributed by atoms with Gasteiger partial charge in [-0.2, -0.15) is 0 Å². The molecule has 0 aliphatic carbocycles. The summed E-state index contributed by atoms with van der Waals surface area (Å²) in [7, 11) is 0. The summed E-state index contributed by atoms with van der Waals surface area (Å²) < 4.78 is 7.10. The van der Waals surface area contributed by atoms with Crippen molar-refractivity contribution < 1.29 is 11.0 Å². The van der Waals surface area contributed by atoms with Crippen molar-refractivity contribution in [2.45, 2.75) is 13.5 Å². The van der Waals surface area contributed by atoms with E-state index in [1.807, 2.05) is 60.7 Å². The van der Waals surface area contributed by atoms with E-state index in [-0.39, 0.29) is 12.9 Å². The fraction of sp³-hybridized carbons (Fsp3) is 0.0870. The van der Waals surface area contributed by atoms with Gasteiger partial charge in [-0.3, -0.25) is 14.2 Å². The number of carbonyl (C=O) groups excluding carboxylic acids is 1. The molecule has 152 valence electrons. The molecule has 1 amide bonds. The Kier molecular flexibility index (Phi) is 5.72. The van der Waals surface area contributed by atoms with Gasteiger partial charge >= 0.3 is 0 Å². The van der Waals surface area contributed by atoms with Gasteiger partial charge in [-0.15, -0.1) is 0 Å². The van der Waals surface area contributed by atoms with E-state index in [9.17, 15) is 9.59 Å². The highest BCUT2D eigenvalue weighted by molar-refractivity contribution is 7.16. The number of nitrogens with zero attached hydrogens (tertiary/aromatic N) is 2. The van der Waals surface area contributed by atoms with Gasteiger partial charge in [0.2, 0.25) is 0 Å². The number of aromatic nitrogens is 2. The summed E-state index contributed by atoms with van der Waals surface area (Å²) in [6, 6.07) is 22.0. The number of hydrogen-bond donors (Lipinski definition) is 1. The molecule has 2 aromatic carbocycles. The molecule has 0 fully saturated rings. The van der Waals surface area contributed by atoms with E-state index in [2.05, 4.69) is 10.3 Å². The average Bonchev–Trinajstić information content (AvgIpc) is 3.15. The first kappa shape index (κ1) is 19.6. The molecule has 30 heavy (non-hydrogen) atoms. The third-order valence-electron chi connectivity index (χ3n) is 4.36. The van der Waals surface area contributed by atoms with Crippen LogP contribution in [-0.4, -0.2) is 15.5 Å². The van der Waals surface area contributed by atoms with Crippen LogP contribution < -0.4 is 15.6 Å². The summed E-state index contributed by atoms with van der Waals surface area (Å²) in [5.41, 5.74) is 1.31. The monoisotopic (exact) mass is 419 g/mol.